The standard InChI is InChI=1S/C9H14N2O/c1-8-2-4-9(5-3-8)6-10-7-11-12/h2-5,10-12H,6-7H2,1H3. The minimum atomic E-state index is 0.411. The summed E-state index contributed by atoms with van der Waals surface area (Å²) >= 11 is 0. The molecule has 0 fully saturated rings. The summed E-state index contributed by atoms with van der Waals surface area (Å²) in [4.78, 5) is 0. The zero-order chi connectivity index (χ0) is 8.81. The van der Waals surface area contributed by atoms with Crippen LogP contribution in [-0.2, 0) is 6.54 Å². The second-order valence-corrected chi connectivity index (χ2v) is 2.75. The number of hydroxylamine groups is 1. The first-order valence-electron chi connectivity index (χ1n) is 3.96. The first-order chi connectivity index (χ1) is 5.83. The van der Waals surface area contributed by atoms with E-state index >= 15 is 0 Å². The molecule has 0 aromatic heterocycles. The third-order valence-electron chi connectivity index (χ3n) is 1.65. The molecule has 0 amide bonds. The second-order valence-electron chi connectivity index (χ2n) is 2.75. The molecular weight excluding hydrogens is 152 g/mol. The van der Waals surface area contributed by atoms with Crippen LogP contribution < -0.4 is 10.8 Å². The molecule has 0 heterocycles. The molecular formula is C9H14N2O. The molecule has 3 nitrogen and oxygen atoms in total. The lowest BCUT2D eigenvalue weighted by Crippen LogP contribution is -2.25. The molecule has 1 aromatic rings. The molecule has 0 spiro atoms. The molecule has 0 unspecified atom stereocenters. The highest BCUT2D eigenvalue weighted by Crippen LogP contribution is 2.01. The summed E-state index contributed by atoms with van der Waals surface area (Å²) in [6.07, 6.45) is 0. The van der Waals surface area contributed by atoms with E-state index in [2.05, 4.69) is 36.5 Å². The first kappa shape index (κ1) is 9.19. The van der Waals surface area contributed by atoms with Gasteiger partial charge in [0, 0.05) is 6.54 Å². The van der Waals surface area contributed by atoms with Crippen molar-refractivity contribution in [1.29, 1.82) is 0 Å². The van der Waals surface area contributed by atoms with Crippen molar-refractivity contribution in [2.75, 3.05) is 6.67 Å². The fraction of sp³-hybridized carbons (Fsp3) is 0.333. The zero-order valence-electron chi connectivity index (χ0n) is 7.17. The van der Waals surface area contributed by atoms with Crippen molar-refractivity contribution in [3.8, 4) is 0 Å². The Kier molecular flexibility index (Phi) is 3.73. The lowest BCUT2D eigenvalue weighted by molar-refractivity contribution is 0.157. The smallest absolute Gasteiger partial charge is 0.0700 e. The van der Waals surface area contributed by atoms with Gasteiger partial charge in [-0.3, -0.25) is 5.32 Å². The quantitative estimate of drug-likeness (QED) is 0.355. The van der Waals surface area contributed by atoms with Gasteiger partial charge in [-0.1, -0.05) is 29.8 Å². The normalized spacial score (nSPS) is 10.2. The van der Waals surface area contributed by atoms with Crippen LogP contribution >= 0.6 is 0 Å². The zero-order valence-corrected chi connectivity index (χ0v) is 7.17. The Hall–Kier alpha value is -0.900. The number of hydrogen-bond acceptors (Lipinski definition) is 3. The molecule has 12 heavy (non-hydrogen) atoms. The van der Waals surface area contributed by atoms with Gasteiger partial charge in [0.25, 0.3) is 0 Å². The summed E-state index contributed by atoms with van der Waals surface area (Å²) in [5, 5.41) is 11.3. The first-order valence-corrected chi connectivity index (χ1v) is 3.96. The van der Waals surface area contributed by atoms with Crippen LogP contribution in [-0.4, -0.2) is 11.9 Å². The maximum Gasteiger partial charge on any atom is 0.0700 e. The SMILES string of the molecule is Cc1ccc(CNCNO)cc1. The fourth-order valence-corrected chi connectivity index (χ4v) is 0.969. The molecule has 0 saturated carbocycles. The molecule has 0 bridgehead atoms. The van der Waals surface area contributed by atoms with E-state index in [1.165, 1.54) is 11.1 Å². The molecule has 0 saturated heterocycles. The van der Waals surface area contributed by atoms with Crippen molar-refractivity contribution in [3.63, 3.8) is 0 Å². The number of hydrogen-bond donors (Lipinski definition) is 3. The van der Waals surface area contributed by atoms with Crippen molar-refractivity contribution in [2.24, 2.45) is 0 Å². The fourth-order valence-electron chi connectivity index (χ4n) is 0.969. The lowest BCUT2D eigenvalue weighted by atomic mass is 10.1. The minimum Gasteiger partial charge on any atom is -0.316 e. The highest BCUT2D eigenvalue weighted by atomic mass is 16.5. The monoisotopic (exact) mass is 166 g/mol. The molecule has 3 N–H and O–H groups in total. The van der Waals surface area contributed by atoms with Gasteiger partial charge >= 0.3 is 0 Å². The Morgan fingerprint density at radius 1 is 1.25 bits per heavy atom. The van der Waals surface area contributed by atoms with E-state index in [9.17, 15) is 0 Å². The average Bonchev–Trinajstić information content (AvgIpc) is 2.09. The summed E-state index contributed by atoms with van der Waals surface area (Å²) < 4.78 is 0. The Bertz CT molecular complexity index is 220. The Balaban J connectivity index is 2.37. The van der Waals surface area contributed by atoms with Gasteiger partial charge in [0.2, 0.25) is 0 Å². The predicted octanol–water partition coefficient (Wildman–Crippen LogP) is 1.02. The summed E-state index contributed by atoms with van der Waals surface area (Å²) in [7, 11) is 0. The Labute approximate surface area is 72.4 Å². The maximum absolute atomic E-state index is 8.28. The molecule has 0 aliphatic carbocycles. The maximum atomic E-state index is 8.28. The second kappa shape index (κ2) is 4.87. The van der Waals surface area contributed by atoms with E-state index in [0.29, 0.717) is 6.67 Å². The van der Waals surface area contributed by atoms with Crippen LogP contribution in [0.25, 0.3) is 0 Å². The van der Waals surface area contributed by atoms with Crippen molar-refractivity contribution < 1.29 is 5.21 Å². The van der Waals surface area contributed by atoms with Crippen LogP contribution in [0.4, 0.5) is 0 Å². The van der Waals surface area contributed by atoms with Gasteiger partial charge < -0.3 is 5.21 Å². The highest BCUT2D eigenvalue weighted by Gasteiger charge is 1.90. The van der Waals surface area contributed by atoms with E-state index < -0.39 is 0 Å². The molecule has 3 heteroatoms. The lowest BCUT2D eigenvalue weighted by Gasteiger charge is -2.03. The minimum absolute atomic E-state index is 0.411. The van der Waals surface area contributed by atoms with Gasteiger partial charge in [0.05, 0.1) is 6.67 Å². The van der Waals surface area contributed by atoms with E-state index in [4.69, 9.17) is 5.21 Å². The van der Waals surface area contributed by atoms with Crippen molar-refractivity contribution in [2.45, 2.75) is 13.5 Å². The number of benzene rings is 1. The number of nitrogens with one attached hydrogen (secondary N) is 2. The Morgan fingerprint density at radius 3 is 2.50 bits per heavy atom. The van der Waals surface area contributed by atoms with E-state index in [-0.39, 0.29) is 0 Å². The molecule has 1 rings (SSSR count). The van der Waals surface area contributed by atoms with E-state index in [1.807, 2.05) is 5.48 Å². The van der Waals surface area contributed by atoms with Gasteiger partial charge in [-0.15, -0.1) is 0 Å². The van der Waals surface area contributed by atoms with Crippen LogP contribution in [0.3, 0.4) is 0 Å². The number of rotatable bonds is 4. The van der Waals surface area contributed by atoms with Gasteiger partial charge in [0.15, 0.2) is 0 Å². The van der Waals surface area contributed by atoms with Crippen LogP contribution in [0.5, 0.6) is 0 Å². The van der Waals surface area contributed by atoms with Crippen LogP contribution in [0.15, 0.2) is 24.3 Å². The number of aryl methyl sites for hydroxylation is 1. The summed E-state index contributed by atoms with van der Waals surface area (Å²) in [6.45, 7) is 3.24. The summed E-state index contributed by atoms with van der Waals surface area (Å²) in [6, 6.07) is 8.28. The van der Waals surface area contributed by atoms with Crippen LogP contribution in [0, 0.1) is 6.92 Å². The van der Waals surface area contributed by atoms with E-state index in [0.717, 1.165) is 6.54 Å². The Morgan fingerprint density at radius 2 is 1.92 bits per heavy atom. The molecule has 0 atom stereocenters. The summed E-state index contributed by atoms with van der Waals surface area (Å²) in [5.41, 5.74) is 4.52. The third-order valence-corrected chi connectivity index (χ3v) is 1.65. The van der Waals surface area contributed by atoms with Gasteiger partial charge in [-0.25, -0.2) is 0 Å². The van der Waals surface area contributed by atoms with E-state index in [1.54, 1.807) is 0 Å². The molecule has 0 aliphatic rings. The molecule has 66 valence electrons. The topological polar surface area (TPSA) is 44.3 Å². The average molecular weight is 166 g/mol. The predicted molar refractivity (Wildman–Crippen MR) is 47.8 cm³/mol. The largest absolute Gasteiger partial charge is 0.316 e. The van der Waals surface area contributed by atoms with Crippen LogP contribution in [0.1, 0.15) is 11.1 Å². The summed E-state index contributed by atoms with van der Waals surface area (Å²) in [5.74, 6) is 0. The third kappa shape index (κ3) is 3.00. The van der Waals surface area contributed by atoms with Gasteiger partial charge in [-0.2, -0.15) is 5.48 Å². The molecule has 0 aliphatic heterocycles. The molecule has 0 radical (unpaired) electrons. The molecule has 1 aromatic carbocycles. The van der Waals surface area contributed by atoms with Gasteiger partial charge in [0.1, 0.15) is 0 Å². The highest BCUT2D eigenvalue weighted by molar-refractivity contribution is 5.20. The van der Waals surface area contributed by atoms with Crippen LogP contribution in [0.2, 0.25) is 0 Å². The van der Waals surface area contributed by atoms with Crippen molar-refractivity contribution in [1.82, 2.24) is 10.8 Å². The van der Waals surface area contributed by atoms with Gasteiger partial charge in [-0.05, 0) is 12.5 Å². The van der Waals surface area contributed by atoms with Crippen molar-refractivity contribution in [3.05, 3.63) is 35.4 Å². The van der Waals surface area contributed by atoms with Crippen molar-refractivity contribution >= 4 is 0 Å².